The molecular formula is C15H14N5O3PS. The Morgan fingerprint density at radius 3 is 3.08 bits per heavy atom. The van der Waals surface area contributed by atoms with Crippen molar-refractivity contribution in [1.82, 2.24) is 19.5 Å². The van der Waals surface area contributed by atoms with Gasteiger partial charge in [0.1, 0.15) is 0 Å². The average molecular weight is 375 g/mol. The van der Waals surface area contributed by atoms with Crippen molar-refractivity contribution in [3.63, 3.8) is 0 Å². The van der Waals surface area contributed by atoms with Gasteiger partial charge in [0.25, 0.3) is 0 Å². The molecule has 0 aliphatic heterocycles. The van der Waals surface area contributed by atoms with Gasteiger partial charge in [-0.05, 0) is 6.07 Å². The van der Waals surface area contributed by atoms with Crippen LogP contribution < -0.4 is 10.5 Å². The number of nitrogen functional groups attached to an aromatic ring is 1. The zero-order valence-electron chi connectivity index (χ0n) is 13.2. The van der Waals surface area contributed by atoms with Gasteiger partial charge in [-0.1, -0.05) is 0 Å². The van der Waals surface area contributed by atoms with Crippen LogP contribution in [-0.4, -0.2) is 33.2 Å². The van der Waals surface area contributed by atoms with Crippen LogP contribution in [0, 0.1) is 5.81 Å². The van der Waals surface area contributed by atoms with Crippen molar-refractivity contribution in [2.24, 2.45) is 0 Å². The second kappa shape index (κ2) is 8.18. The Balaban J connectivity index is 1.91. The van der Waals surface area contributed by atoms with Gasteiger partial charge in [0.15, 0.2) is 0 Å². The summed E-state index contributed by atoms with van der Waals surface area (Å²) in [6, 6.07) is 7.64. The van der Waals surface area contributed by atoms with Gasteiger partial charge in [0.05, 0.1) is 7.11 Å². The summed E-state index contributed by atoms with van der Waals surface area (Å²) in [4.78, 5) is 13.9. The minimum absolute atomic E-state index is 0.164. The number of rotatable bonds is 6. The number of fused-ring (bicyclic) bond motifs is 1. The van der Waals surface area contributed by atoms with Crippen LogP contribution in [0.1, 0.15) is 0 Å². The van der Waals surface area contributed by atoms with Crippen LogP contribution in [0.25, 0.3) is 11.2 Å². The number of methoxy groups -OCH3 is 1. The van der Waals surface area contributed by atoms with Gasteiger partial charge in [-0.3, -0.25) is 0 Å². The third-order valence-electron chi connectivity index (χ3n) is 3.24. The van der Waals surface area contributed by atoms with Crippen LogP contribution >= 0.6 is 19.7 Å². The van der Waals surface area contributed by atoms with Crippen LogP contribution in [0.3, 0.4) is 0 Å². The molecule has 25 heavy (non-hydrogen) atoms. The zero-order chi connectivity index (χ0) is 17.6. The van der Waals surface area contributed by atoms with Gasteiger partial charge in [-0.25, -0.2) is 0 Å². The van der Waals surface area contributed by atoms with E-state index in [2.05, 4.69) is 20.8 Å². The molecule has 2 aromatic heterocycles. The van der Waals surface area contributed by atoms with Gasteiger partial charge in [-0.2, -0.15) is 0 Å². The number of imidazole rings is 1. The first-order chi connectivity index (χ1) is 12.2. The van der Waals surface area contributed by atoms with Crippen LogP contribution in [0.2, 0.25) is 0 Å². The Labute approximate surface area is 148 Å². The number of ether oxygens (including phenoxy) is 2. The molecule has 0 saturated heterocycles. The first-order valence-electron chi connectivity index (χ1n) is 7.20. The predicted octanol–water partition coefficient (Wildman–Crippen LogP) is 2.79. The summed E-state index contributed by atoms with van der Waals surface area (Å²) in [7, 11) is 1.34. The third kappa shape index (κ3) is 4.21. The molecule has 1 aromatic carbocycles. The van der Waals surface area contributed by atoms with E-state index >= 15 is 0 Å². The molecule has 128 valence electrons. The van der Waals surface area contributed by atoms with Gasteiger partial charge < -0.3 is 4.74 Å². The Kier molecular flexibility index (Phi) is 5.73. The van der Waals surface area contributed by atoms with Gasteiger partial charge in [-0.15, -0.1) is 0 Å². The molecule has 3 aromatic rings. The van der Waals surface area contributed by atoms with Crippen molar-refractivity contribution in [1.29, 1.82) is 0 Å². The molecule has 2 N–H and O–H groups in total. The number of benzene rings is 1. The Bertz CT molecular complexity index is 1000. The Hall–Kier alpha value is -2.31. The summed E-state index contributed by atoms with van der Waals surface area (Å²) < 4.78 is 22.3. The molecule has 8 nitrogen and oxygen atoms in total. The fourth-order valence-corrected chi connectivity index (χ4v) is 3.23. The number of nitrogens with zero attached hydrogens (tertiary/aromatic N) is 4. The van der Waals surface area contributed by atoms with Crippen molar-refractivity contribution >= 4 is 36.8 Å². The summed E-state index contributed by atoms with van der Waals surface area (Å²) in [5.41, 5.74) is 7.11. The first-order valence-corrected chi connectivity index (χ1v) is 8.83. The maximum atomic E-state index is 10.3. The normalized spacial score (nSPS) is 10.6. The number of hydrogen-bond donors (Lipinski definition) is 1. The van der Waals surface area contributed by atoms with E-state index in [-0.39, 0.29) is 13.9 Å². The number of hydrogen-bond acceptors (Lipinski definition) is 8. The topological polar surface area (TPSA) is 105 Å². The van der Waals surface area contributed by atoms with E-state index in [0.29, 0.717) is 29.3 Å². The number of nitrogens with two attached hydrogens (primary N) is 1. The molecule has 3 rings (SSSR count). The molecule has 0 amide bonds. The zero-order valence-corrected chi connectivity index (χ0v) is 15.0. The molecule has 0 atom stereocenters. The van der Waals surface area contributed by atoms with Crippen molar-refractivity contribution in [2.45, 2.75) is 16.5 Å². The van der Waals surface area contributed by atoms with E-state index in [4.69, 9.17) is 15.2 Å². The van der Waals surface area contributed by atoms with Gasteiger partial charge in [0.2, 0.25) is 0 Å². The number of anilines is 1. The summed E-state index contributed by atoms with van der Waals surface area (Å²) in [6.07, 6.45) is 1.65. The van der Waals surface area contributed by atoms with Crippen LogP contribution in [0.15, 0.2) is 40.5 Å². The SMILES string of the molecule is COc1cccc(Sc2nc(N)nc3c2ncn3CCOC#P=O)c1. The predicted molar refractivity (Wildman–Crippen MR) is 94.3 cm³/mol. The van der Waals surface area contributed by atoms with Gasteiger partial charge >= 0.3 is 131 Å². The Morgan fingerprint density at radius 1 is 1.40 bits per heavy atom. The monoisotopic (exact) mass is 375 g/mol. The van der Waals surface area contributed by atoms with Crippen LogP contribution in [-0.2, 0) is 15.8 Å². The molecule has 0 saturated carbocycles. The summed E-state index contributed by atoms with van der Waals surface area (Å²) >= 11 is 1.43. The fraction of sp³-hybridized carbons (Fsp3) is 0.200. The molecule has 0 fully saturated rings. The van der Waals surface area contributed by atoms with Crippen LogP contribution in [0.5, 0.6) is 5.75 Å². The molecule has 0 unspecified atom stereocenters. The summed E-state index contributed by atoms with van der Waals surface area (Å²) in [5.74, 6) is 3.16. The van der Waals surface area contributed by atoms with E-state index in [1.54, 1.807) is 18.0 Å². The van der Waals surface area contributed by atoms with E-state index < -0.39 is 0 Å². The van der Waals surface area contributed by atoms with Crippen molar-refractivity contribution in [3.05, 3.63) is 30.6 Å². The molecule has 2 heterocycles. The van der Waals surface area contributed by atoms with E-state index in [0.717, 1.165) is 10.6 Å². The van der Waals surface area contributed by atoms with E-state index in [1.165, 1.54) is 11.8 Å². The Morgan fingerprint density at radius 2 is 2.28 bits per heavy atom. The maximum absolute atomic E-state index is 10.3. The second-order valence-electron chi connectivity index (χ2n) is 4.81. The second-order valence-corrected chi connectivity index (χ2v) is 6.24. The standard InChI is InChI=1S/C15H14N5O3PS/c1-22-10-3-2-4-11(7-10)25-14-12-13(18-15(16)19-14)20(8-17-12)5-6-23-9-24-21/h2-4,7-8H,5-6H2,1H3,(H2,16,18,19). The van der Waals surface area contributed by atoms with Gasteiger partial charge in [0, 0.05) is 0 Å². The molecule has 0 bridgehead atoms. The molecule has 0 spiro atoms. The summed E-state index contributed by atoms with van der Waals surface area (Å²) in [5, 5.41) is 0.659. The molecule has 0 radical (unpaired) electrons. The molecule has 0 aliphatic carbocycles. The third-order valence-corrected chi connectivity index (χ3v) is 4.41. The van der Waals surface area contributed by atoms with E-state index in [1.807, 2.05) is 24.3 Å². The minimum atomic E-state index is -0.284. The summed E-state index contributed by atoms with van der Waals surface area (Å²) in [6.45, 7) is 0.766. The van der Waals surface area contributed by atoms with Crippen molar-refractivity contribution < 1.29 is 14.0 Å². The van der Waals surface area contributed by atoms with E-state index in [9.17, 15) is 4.57 Å². The fourth-order valence-electron chi connectivity index (χ4n) is 2.16. The quantitative estimate of drug-likeness (QED) is 0.398. The molecular weight excluding hydrogens is 361 g/mol. The number of aromatic nitrogens is 4. The average Bonchev–Trinajstić information content (AvgIpc) is 3.02. The molecule has 10 heteroatoms. The first kappa shape index (κ1) is 17.5. The van der Waals surface area contributed by atoms with Crippen molar-refractivity contribution in [3.8, 4) is 11.6 Å². The van der Waals surface area contributed by atoms with Crippen LogP contribution in [0.4, 0.5) is 5.95 Å². The van der Waals surface area contributed by atoms with Crippen molar-refractivity contribution in [2.75, 3.05) is 19.5 Å². The molecule has 0 aliphatic rings.